The lowest BCUT2D eigenvalue weighted by molar-refractivity contribution is 0.00578. The van der Waals surface area contributed by atoms with Gasteiger partial charge in [0, 0.05) is 0 Å². The molecule has 22 heavy (non-hydrogen) atoms. The van der Waals surface area contributed by atoms with E-state index in [1.54, 1.807) is 0 Å². The highest BCUT2D eigenvalue weighted by molar-refractivity contribution is 6.78. The predicted octanol–water partition coefficient (Wildman–Crippen LogP) is 3.59. The first-order valence-corrected chi connectivity index (χ1v) is 8.24. The Balaban J connectivity index is 2.26. The van der Waals surface area contributed by atoms with Crippen molar-refractivity contribution in [2.75, 3.05) is 0 Å². The van der Waals surface area contributed by atoms with E-state index in [0.29, 0.717) is 0 Å². The summed E-state index contributed by atoms with van der Waals surface area (Å²) in [5.41, 5.74) is -1.47. The fraction of sp³-hybridized carbons (Fsp3) is 0.875. The lowest BCUT2D eigenvalue weighted by atomic mass is 9.57. The molecule has 0 bridgehead atoms. The van der Waals surface area contributed by atoms with Gasteiger partial charge in [0.05, 0.1) is 22.4 Å². The fourth-order valence-electron chi connectivity index (χ4n) is 2.50. The van der Waals surface area contributed by atoms with Crippen molar-refractivity contribution in [2.24, 2.45) is 0 Å². The number of rotatable bonds is 3. The Morgan fingerprint density at radius 2 is 0.955 bits per heavy atom. The van der Waals surface area contributed by atoms with Gasteiger partial charge in [0.15, 0.2) is 0 Å². The van der Waals surface area contributed by atoms with Crippen molar-refractivity contribution in [1.29, 1.82) is 0 Å². The van der Waals surface area contributed by atoms with Crippen LogP contribution in [0.2, 0.25) is 0 Å². The van der Waals surface area contributed by atoms with E-state index >= 15 is 0 Å². The molecule has 0 atom stereocenters. The first-order valence-electron chi connectivity index (χ1n) is 8.24. The van der Waals surface area contributed by atoms with E-state index in [9.17, 15) is 0 Å². The van der Waals surface area contributed by atoms with Crippen LogP contribution in [0.5, 0.6) is 0 Å². The molecular formula is C16H30B2O4. The molecule has 0 aromatic carbocycles. The quantitative estimate of drug-likeness (QED) is 0.747. The Labute approximate surface area is 136 Å². The number of allylic oxidation sites excluding steroid dienone is 1. The zero-order valence-corrected chi connectivity index (χ0v) is 15.6. The minimum absolute atomic E-state index is 0.367. The third-order valence-electron chi connectivity index (χ3n) is 5.49. The second kappa shape index (κ2) is 5.37. The average molecular weight is 308 g/mol. The molecule has 0 N–H and O–H groups in total. The fourth-order valence-corrected chi connectivity index (χ4v) is 2.50. The molecule has 2 rings (SSSR count). The molecule has 2 aliphatic heterocycles. The summed E-state index contributed by atoms with van der Waals surface area (Å²) in [6.45, 7) is 18.5. The Kier molecular flexibility index (Phi) is 4.41. The van der Waals surface area contributed by atoms with E-state index < -0.39 is 14.2 Å². The van der Waals surface area contributed by atoms with Crippen LogP contribution in [0.1, 0.15) is 68.7 Å². The average Bonchev–Trinajstić information content (AvgIpc) is 2.65. The van der Waals surface area contributed by atoms with Gasteiger partial charge in [-0.15, -0.1) is 0 Å². The summed E-state index contributed by atoms with van der Waals surface area (Å²) >= 11 is 0. The van der Waals surface area contributed by atoms with Crippen molar-refractivity contribution < 1.29 is 18.6 Å². The standard InChI is InChI=1S/C16H30B2O4/c1-10-11-12(17-19-13(2,3)14(4,5)20-17)18-21-15(6,7)16(8,9)22-18/h11H,10H2,1-9H3. The molecule has 0 aliphatic carbocycles. The van der Waals surface area contributed by atoms with E-state index in [0.717, 1.165) is 11.8 Å². The van der Waals surface area contributed by atoms with Crippen molar-refractivity contribution in [3.8, 4) is 0 Å². The molecule has 2 saturated heterocycles. The molecule has 0 radical (unpaired) electrons. The largest absolute Gasteiger partial charge is 0.486 e. The topological polar surface area (TPSA) is 36.9 Å². The molecule has 2 heterocycles. The van der Waals surface area contributed by atoms with Gasteiger partial charge in [0.25, 0.3) is 0 Å². The first kappa shape index (κ1) is 18.1. The van der Waals surface area contributed by atoms with Crippen LogP contribution in [0.15, 0.2) is 11.4 Å². The Morgan fingerprint density at radius 3 is 1.18 bits per heavy atom. The summed E-state index contributed by atoms with van der Waals surface area (Å²) in [6, 6.07) is 0. The Bertz CT molecular complexity index is 399. The van der Waals surface area contributed by atoms with Crippen LogP contribution in [0.4, 0.5) is 0 Å². The van der Waals surface area contributed by atoms with E-state index in [1.165, 1.54) is 0 Å². The van der Waals surface area contributed by atoms with E-state index in [4.69, 9.17) is 18.6 Å². The summed E-state index contributed by atoms with van der Waals surface area (Å²) in [4.78, 5) is 0. The van der Waals surface area contributed by atoms with Gasteiger partial charge >= 0.3 is 14.2 Å². The molecule has 4 nitrogen and oxygen atoms in total. The molecule has 2 aliphatic rings. The van der Waals surface area contributed by atoms with Gasteiger partial charge in [0.2, 0.25) is 0 Å². The molecule has 0 aromatic rings. The van der Waals surface area contributed by atoms with Crippen LogP contribution in [-0.4, -0.2) is 36.6 Å². The van der Waals surface area contributed by atoms with Gasteiger partial charge in [-0.25, -0.2) is 0 Å². The van der Waals surface area contributed by atoms with E-state index in [1.807, 2.05) is 0 Å². The van der Waals surface area contributed by atoms with Crippen molar-refractivity contribution in [1.82, 2.24) is 0 Å². The number of hydrogen-bond donors (Lipinski definition) is 0. The van der Waals surface area contributed by atoms with E-state index in [2.05, 4.69) is 68.4 Å². The lowest BCUT2D eigenvalue weighted by Crippen LogP contribution is -2.41. The molecule has 124 valence electrons. The molecule has 0 saturated carbocycles. The summed E-state index contributed by atoms with van der Waals surface area (Å²) in [5, 5.41) is 0.930. The Hall–Kier alpha value is -0.290. The van der Waals surface area contributed by atoms with Crippen LogP contribution in [0.25, 0.3) is 0 Å². The second-order valence-corrected chi connectivity index (χ2v) is 8.29. The predicted molar refractivity (Wildman–Crippen MR) is 90.5 cm³/mol. The Morgan fingerprint density at radius 1 is 0.682 bits per heavy atom. The summed E-state index contributed by atoms with van der Waals surface area (Å²) in [6.07, 6.45) is 2.98. The van der Waals surface area contributed by atoms with Crippen LogP contribution >= 0.6 is 0 Å². The highest BCUT2D eigenvalue weighted by atomic mass is 16.7. The van der Waals surface area contributed by atoms with Gasteiger partial charge in [-0.2, -0.15) is 0 Å². The minimum Gasteiger partial charge on any atom is -0.400 e. The van der Waals surface area contributed by atoms with Gasteiger partial charge in [-0.05, 0) is 67.2 Å². The minimum atomic E-state index is -0.431. The SMILES string of the molecule is CCC=C(B1OC(C)(C)C(C)(C)O1)B1OC(C)(C)C(C)(C)O1. The van der Waals surface area contributed by atoms with Crippen LogP contribution in [-0.2, 0) is 18.6 Å². The molecule has 6 heteroatoms. The highest BCUT2D eigenvalue weighted by Crippen LogP contribution is 2.43. The third-order valence-corrected chi connectivity index (χ3v) is 5.49. The zero-order valence-electron chi connectivity index (χ0n) is 15.6. The van der Waals surface area contributed by atoms with Crippen LogP contribution < -0.4 is 0 Å². The smallest absolute Gasteiger partial charge is 0.400 e. The lowest BCUT2D eigenvalue weighted by Gasteiger charge is -2.32. The maximum absolute atomic E-state index is 6.18. The second-order valence-electron chi connectivity index (χ2n) is 8.29. The summed E-state index contributed by atoms with van der Waals surface area (Å²) < 4.78 is 24.7. The third kappa shape index (κ3) is 2.91. The monoisotopic (exact) mass is 308 g/mol. The highest BCUT2D eigenvalue weighted by Gasteiger charge is 2.59. The van der Waals surface area contributed by atoms with E-state index in [-0.39, 0.29) is 22.4 Å². The summed E-state index contributed by atoms with van der Waals surface area (Å²) in [7, 11) is -0.862. The molecule has 2 fully saturated rings. The van der Waals surface area contributed by atoms with Gasteiger partial charge in [-0.3, -0.25) is 0 Å². The zero-order chi connectivity index (χ0) is 17.0. The molecule has 0 aromatic heterocycles. The van der Waals surface area contributed by atoms with Crippen LogP contribution in [0.3, 0.4) is 0 Å². The number of hydrogen-bond acceptors (Lipinski definition) is 4. The summed E-state index contributed by atoms with van der Waals surface area (Å²) in [5.74, 6) is 0. The van der Waals surface area contributed by atoms with Gasteiger partial charge in [-0.1, -0.05) is 13.0 Å². The van der Waals surface area contributed by atoms with Gasteiger partial charge < -0.3 is 18.6 Å². The first-order chi connectivity index (χ1) is 9.83. The van der Waals surface area contributed by atoms with Crippen molar-refractivity contribution >= 4 is 14.2 Å². The van der Waals surface area contributed by atoms with Crippen molar-refractivity contribution in [2.45, 2.75) is 91.1 Å². The molecule has 0 unspecified atom stereocenters. The van der Waals surface area contributed by atoms with Crippen molar-refractivity contribution in [3.05, 3.63) is 11.4 Å². The molecule has 0 amide bonds. The maximum Gasteiger partial charge on any atom is 0.486 e. The molecular weight excluding hydrogens is 278 g/mol. The molecule has 0 spiro atoms. The maximum atomic E-state index is 6.18. The van der Waals surface area contributed by atoms with Gasteiger partial charge in [0.1, 0.15) is 0 Å². The normalized spacial score (nSPS) is 28.0. The van der Waals surface area contributed by atoms with Crippen molar-refractivity contribution in [3.63, 3.8) is 0 Å². The van der Waals surface area contributed by atoms with Crippen LogP contribution in [0, 0.1) is 0 Å².